The van der Waals surface area contributed by atoms with Gasteiger partial charge in [-0.2, -0.15) is 4.98 Å². The molecule has 8 heteroatoms. The number of hydrogen-bond acceptors (Lipinski definition) is 6. The standard InChI is InChI=1S/C23H20N6O2/c1-16-14-28(15-24-16)19-11-10-17(13-21(19)30-2)25-23-26-22-20(9-6-12-29(22)27-23)31-18-7-4-3-5-8-18/h3-15H,1-2H3,(H,25,27). The summed E-state index contributed by atoms with van der Waals surface area (Å²) >= 11 is 0. The third-order valence-corrected chi connectivity index (χ3v) is 4.72. The van der Waals surface area contributed by atoms with E-state index >= 15 is 0 Å². The van der Waals surface area contributed by atoms with Gasteiger partial charge in [0.05, 0.1) is 24.8 Å². The van der Waals surface area contributed by atoms with Crippen LogP contribution in [0.4, 0.5) is 11.6 Å². The molecule has 0 saturated heterocycles. The number of pyridine rings is 1. The first-order valence-electron chi connectivity index (χ1n) is 9.74. The quantitative estimate of drug-likeness (QED) is 0.433. The predicted molar refractivity (Wildman–Crippen MR) is 118 cm³/mol. The van der Waals surface area contributed by atoms with Gasteiger partial charge in [-0.25, -0.2) is 9.50 Å². The summed E-state index contributed by atoms with van der Waals surface area (Å²) in [5, 5.41) is 7.75. The fourth-order valence-electron chi connectivity index (χ4n) is 3.28. The molecule has 0 fully saturated rings. The summed E-state index contributed by atoms with van der Waals surface area (Å²) in [7, 11) is 1.64. The van der Waals surface area contributed by atoms with Crippen LogP contribution < -0.4 is 14.8 Å². The van der Waals surface area contributed by atoms with E-state index in [-0.39, 0.29) is 0 Å². The molecular weight excluding hydrogens is 392 g/mol. The number of fused-ring (bicyclic) bond motifs is 1. The van der Waals surface area contributed by atoms with Crippen LogP contribution in [-0.4, -0.2) is 31.3 Å². The molecule has 0 atom stereocenters. The first-order chi connectivity index (χ1) is 15.2. The summed E-state index contributed by atoms with van der Waals surface area (Å²) in [5.41, 5.74) is 3.26. The van der Waals surface area contributed by atoms with Crippen LogP contribution in [0.1, 0.15) is 5.69 Å². The van der Waals surface area contributed by atoms with Crippen LogP contribution in [0.3, 0.4) is 0 Å². The Morgan fingerprint density at radius 2 is 1.84 bits per heavy atom. The van der Waals surface area contributed by atoms with Crippen LogP contribution in [0.15, 0.2) is 79.4 Å². The first kappa shape index (κ1) is 18.7. The average Bonchev–Trinajstić information content (AvgIpc) is 3.40. The van der Waals surface area contributed by atoms with Gasteiger partial charge in [-0.1, -0.05) is 18.2 Å². The second kappa shape index (κ2) is 7.83. The molecule has 0 aliphatic carbocycles. The molecule has 1 N–H and O–H groups in total. The Bertz CT molecular complexity index is 1340. The Morgan fingerprint density at radius 1 is 0.968 bits per heavy atom. The number of imidazole rings is 1. The SMILES string of the molecule is COc1cc(Nc2nc3c(Oc4ccccc4)cccn3n2)ccc1-n1cnc(C)c1. The lowest BCUT2D eigenvalue weighted by molar-refractivity contribution is 0.413. The van der Waals surface area contributed by atoms with Crippen LogP contribution in [0.2, 0.25) is 0 Å². The lowest BCUT2D eigenvalue weighted by Crippen LogP contribution is -1.98. The maximum atomic E-state index is 5.98. The van der Waals surface area contributed by atoms with Gasteiger partial charge < -0.3 is 19.4 Å². The minimum atomic E-state index is 0.456. The van der Waals surface area contributed by atoms with Crippen LogP contribution in [0.25, 0.3) is 11.3 Å². The van der Waals surface area contributed by atoms with Crippen molar-refractivity contribution in [3.63, 3.8) is 0 Å². The number of aryl methyl sites for hydroxylation is 1. The van der Waals surface area contributed by atoms with Crippen molar-refractivity contribution in [2.45, 2.75) is 6.92 Å². The van der Waals surface area contributed by atoms with E-state index in [1.165, 1.54) is 0 Å². The number of nitrogens with one attached hydrogen (secondary N) is 1. The van der Waals surface area contributed by atoms with Crippen molar-refractivity contribution >= 4 is 17.3 Å². The molecule has 5 rings (SSSR count). The zero-order valence-electron chi connectivity index (χ0n) is 17.1. The maximum Gasteiger partial charge on any atom is 0.247 e. The van der Waals surface area contributed by atoms with Gasteiger partial charge in [0.15, 0.2) is 11.4 Å². The van der Waals surface area contributed by atoms with Gasteiger partial charge in [0, 0.05) is 24.1 Å². The van der Waals surface area contributed by atoms with E-state index in [4.69, 9.17) is 9.47 Å². The molecule has 3 heterocycles. The highest BCUT2D eigenvalue weighted by molar-refractivity contribution is 5.64. The normalized spacial score (nSPS) is 10.9. The lowest BCUT2D eigenvalue weighted by atomic mass is 10.2. The average molecular weight is 412 g/mol. The number of para-hydroxylation sites is 1. The number of benzene rings is 2. The molecule has 0 aliphatic rings. The third-order valence-electron chi connectivity index (χ3n) is 4.72. The summed E-state index contributed by atoms with van der Waals surface area (Å²) in [6.45, 7) is 1.95. The molecule has 31 heavy (non-hydrogen) atoms. The van der Waals surface area contributed by atoms with Gasteiger partial charge >= 0.3 is 0 Å². The second-order valence-electron chi connectivity index (χ2n) is 6.93. The molecule has 0 bridgehead atoms. The van der Waals surface area contributed by atoms with Gasteiger partial charge in [0.25, 0.3) is 0 Å². The Kier molecular flexibility index (Phi) is 4.72. The molecule has 5 aromatic rings. The molecule has 0 spiro atoms. The largest absolute Gasteiger partial charge is 0.494 e. The number of ether oxygens (including phenoxy) is 2. The van der Waals surface area contributed by atoms with E-state index in [1.54, 1.807) is 18.0 Å². The molecule has 0 radical (unpaired) electrons. The van der Waals surface area contributed by atoms with Crippen molar-refractivity contribution in [3.8, 4) is 22.9 Å². The van der Waals surface area contributed by atoms with Crippen molar-refractivity contribution in [2.75, 3.05) is 12.4 Å². The lowest BCUT2D eigenvalue weighted by Gasteiger charge is -2.11. The van der Waals surface area contributed by atoms with E-state index in [2.05, 4.69) is 20.4 Å². The summed E-state index contributed by atoms with van der Waals surface area (Å²) < 4.78 is 15.2. The predicted octanol–water partition coefficient (Wildman–Crippen LogP) is 4.77. The van der Waals surface area contributed by atoms with E-state index < -0.39 is 0 Å². The summed E-state index contributed by atoms with van der Waals surface area (Å²) in [6, 6.07) is 19.1. The number of anilines is 2. The molecular formula is C23H20N6O2. The molecule has 0 amide bonds. The zero-order chi connectivity index (χ0) is 21.2. The van der Waals surface area contributed by atoms with Gasteiger partial charge in [-0.05, 0) is 43.3 Å². The highest BCUT2D eigenvalue weighted by Crippen LogP contribution is 2.29. The van der Waals surface area contributed by atoms with Gasteiger partial charge in [0.2, 0.25) is 5.95 Å². The highest BCUT2D eigenvalue weighted by Gasteiger charge is 2.12. The molecule has 2 aromatic carbocycles. The Morgan fingerprint density at radius 3 is 2.61 bits per heavy atom. The number of aromatic nitrogens is 5. The second-order valence-corrected chi connectivity index (χ2v) is 6.93. The molecule has 3 aromatic heterocycles. The summed E-state index contributed by atoms with van der Waals surface area (Å²) in [6.07, 6.45) is 5.54. The van der Waals surface area contributed by atoms with Gasteiger partial charge in [-0.3, -0.25) is 0 Å². The number of nitrogens with zero attached hydrogens (tertiary/aromatic N) is 5. The Labute approximate surface area is 178 Å². The van der Waals surface area contributed by atoms with Crippen molar-refractivity contribution in [1.82, 2.24) is 24.1 Å². The van der Waals surface area contributed by atoms with Crippen molar-refractivity contribution in [2.24, 2.45) is 0 Å². The summed E-state index contributed by atoms with van der Waals surface area (Å²) in [5.74, 6) is 2.53. The highest BCUT2D eigenvalue weighted by atomic mass is 16.5. The Balaban J connectivity index is 1.43. The van der Waals surface area contributed by atoms with Crippen molar-refractivity contribution in [1.29, 1.82) is 0 Å². The van der Waals surface area contributed by atoms with Crippen LogP contribution in [0, 0.1) is 6.92 Å². The van der Waals surface area contributed by atoms with E-state index in [0.29, 0.717) is 23.1 Å². The van der Waals surface area contributed by atoms with Gasteiger partial charge in [-0.15, -0.1) is 5.10 Å². The van der Waals surface area contributed by atoms with E-state index in [9.17, 15) is 0 Å². The monoisotopic (exact) mass is 412 g/mol. The number of hydrogen-bond donors (Lipinski definition) is 1. The van der Waals surface area contributed by atoms with E-state index in [1.807, 2.05) is 84.5 Å². The topological polar surface area (TPSA) is 78.5 Å². The Hall–Kier alpha value is -4.33. The minimum Gasteiger partial charge on any atom is -0.494 e. The summed E-state index contributed by atoms with van der Waals surface area (Å²) in [4.78, 5) is 8.88. The smallest absolute Gasteiger partial charge is 0.247 e. The minimum absolute atomic E-state index is 0.456. The van der Waals surface area contributed by atoms with Gasteiger partial charge in [0.1, 0.15) is 11.5 Å². The fraction of sp³-hybridized carbons (Fsp3) is 0.0870. The van der Waals surface area contributed by atoms with Crippen LogP contribution >= 0.6 is 0 Å². The fourth-order valence-corrected chi connectivity index (χ4v) is 3.28. The number of methoxy groups -OCH3 is 1. The zero-order valence-corrected chi connectivity index (χ0v) is 17.1. The molecule has 0 unspecified atom stereocenters. The van der Waals surface area contributed by atoms with Crippen molar-refractivity contribution in [3.05, 3.63) is 85.1 Å². The molecule has 8 nitrogen and oxygen atoms in total. The third kappa shape index (κ3) is 3.78. The number of rotatable bonds is 6. The molecule has 0 saturated carbocycles. The van der Waals surface area contributed by atoms with Crippen LogP contribution in [-0.2, 0) is 0 Å². The molecule has 154 valence electrons. The maximum absolute atomic E-state index is 5.98. The van der Waals surface area contributed by atoms with E-state index in [0.717, 1.165) is 22.8 Å². The first-order valence-corrected chi connectivity index (χ1v) is 9.74. The van der Waals surface area contributed by atoms with Crippen molar-refractivity contribution < 1.29 is 9.47 Å². The molecule has 0 aliphatic heterocycles. The van der Waals surface area contributed by atoms with Crippen LogP contribution in [0.5, 0.6) is 17.2 Å².